The summed E-state index contributed by atoms with van der Waals surface area (Å²) in [5, 5.41) is 16.3. The van der Waals surface area contributed by atoms with Gasteiger partial charge in [0, 0.05) is 23.8 Å². The lowest BCUT2D eigenvalue weighted by molar-refractivity contribution is -0.124. The number of amides is 1. The molecule has 0 aliphatic heterocycles. The van der Waals surface area contributed by atoms with Crippen molar-refractivity contribution in [3.05, 3.63) is 41.6 Å². The third-order valence-electron chi connectivity index (χ3n) is 3.25. The molecular weight excluding hydrogens is 302 g/mol. The number of hydrogen-bond donors (Lipinski definition) is 3. The number of rotatable bonds is 4. The fraction of sp³-hybridized carbons (Fsp3) is 0.250. The van der Waals surface area contributed by atoms with Gasteiger partial charge in [-0.05, 0) is 37.6 Å². The summed E-state index contributed by atoms with van der Waals surface area (Å²) in [6.45, 7) is 3.41. The van der Waals surface area contributed by atoms with Gasteiger partial charge in [0.2, 0.25) is 5.91 Å². The predicted molar refractivity (Wildman–Crippen MR) is 88.1 cm³/mol. The minimum absolute atomic E-state index is 0.0329. The Morgan fingerprint density at radius 2 is 2.00 bits per heavy atom. The fourth-order valence-corrected chi connectivity index (χ4v) is 2.23. The Morgan fingerprint density at radius 1 is 1.27 bits per heavy atom. The molecule has 0 atom stereocenters. The van der Waals surface area contributed by atoms with Crippen molar-refractivity contribution in [3.63, 3.8) is 0 Å². The number of halogens is 1. The lowest BCUT2D eigenvalue weighted by atomic mass is 10.0. The van der Waals surface area contributed by atoms with Crippen molar-refractivity contribution in [2.75, 3.05) is 12.4 Å². The van der Waals surface area contributed by atoms with Crippen LogP contribution in [0.2, 0.25) is 5.02 Å². The molecule has 116 valence electrons. The molecular formula is C16H18ClN3O2. The molecule has 1 aromatic carbocycles. The Labute approximate surface area is 134 Å². The number of pyridine rings is 1. The Balaban J connectivity index is 2.29. The van der Waals surface area contributed by atoms with Crippen LogP contribution in [-0.2, 0) is 4.79 Å². The zero-order valence-electron chi connectivity index (χ0n) is 12.6. The zero-order chi connectivity index (χ0) is 16.3. The number of nitrogens with zero attached hydrogens (tertiary/aromatic N) is 1. The van der Waals surface area contributed by atoms with E-state index in [4.69, 9.17) is 11.6 Å². The second-order valence-electron chi connectivity index (χ2n) is 5.43. The number of benzene rings is 1. The van der Waals surface area contributed by atoms with E-state index >= 15 is 0 Å². The van der Waals surface area contributed by atoms with Crippen LogP contribution in [0.1, 0.15) is 13.8 Å². The van der Waals surface area contributed by atoms with Crippen molar-refractivity contribution in [1.82, 2.24) is 10.3 Å². The first-order valence-corrected chi connectivity index (χ1v) is 7.16. The van der Waals surface area contributed by atoms with Crippen LogP contribution in [0.5, 0.6) is 5.75 Å². The van der Waals surface area contributed by atoms with Gasteiger partial charge in [-0.2, -0.15) is 0 Å². The highest BCUT2D eigenvalue weighted by molar-refractivity contribution is 6.30. The standard InChI is InChI=1S/C16H18ClN3O2/c1-16(2,15(22)18-3)20-14-13(21)8-11(9-19-14)10-5-4-6-12(17)7-10/h4-9,21H,1-3H3,(H,18,22)(H,19,20). The van der Waals surface area contributed by atoms with Gasteiger partial charge in [-0.15, -0.1) is 0 Å². The quantitative estimate of drug-likeness (QED) is 0.809. The summed E-state index contributed by atoms with van der Waals surface area (Å²) in [6, 6.07) is 8.86. The molecule has 0 radical (unpaired) electrons. The van der Waals surface area contributed by atoms with E-state index in [9.17, 15) is 9.90 Å². The van der Waals surface area contributed by atoms with E-state index in [-0.39, 0.29) is 17.5 Å². The first kappa shape index (κ1) is 16.1. The maximum atomic E-state index is 11.8. The summed E-state index contributed by atoms with van der Waals surface area (Å²) in [5.74, 6) is 0.0152. The summed E-state index contributed by atoms with van der Waals surface area (Å²) >= 11 is 5.96. The molecule has 0 aliphatic carbocycles. The number of anilines is 1. The predicted octanol–water partition coefficient (Wildman–Crippen LogP) is 3.04. The number of nitrogens with one attached hydrogen (secondary N) is 2. The van der Waals surface area contributed by atoms with Crippen LogP contribution in [-0.4, -0.2) is 28.6 Å². The van der Waals surface area contributed by atoms with E-state index in [0.717, 1.165) is 11.1 Å². The van der Waals surface area contributed by atoms with Gasteiger partial charge in [-0.3, -0.25) is 4.79 Å². The molecule has 5 nitrogen and oxygen atoms in total. The molecule has 2 rings (SSSR count). The fourth-order valence-electron chi connectivity index (χ4n) is 2.04. The highest BCUT2D eigenvalue weighted by Gasteiger charge is 2.27. The molecule has 1 aromatic heterocycles. The number of aromatic nitrogens is 1. The highest BCUT2D eigenvalue weighted by Crippen LogP contribution is 2.30. The van der Waals surface area contributed by atoms with E-state index in [1.165, 1.54) is 0 Å². The molecule has 0 aliphatic rings. The van der Waals surface area contributed by atoms with E-state index in [2.05, 4.69) is 15.6 Å². The summed E-state index contributed by atoms with van der Waals surface area (Å²) in [6.07, 6.45) is 1.62. The largest absolute Gasteiger partial charge is 0.504 e. The summed E-state index contributed by atoms with van der Waals surface area (Å²) in [7, 11) is 1.56. The maximum Gasteiger partial charge on any atom is 0.244 e. The molecule has 1 amide bonds. The second kappa shape index (κ2) is 6.23. The number of likely N-dealkylation sites (N-methyl/N-ethyl adjacent to an activating group) is 1. The van der Waals surface area contributed by atoms with E-state index in [1.54, 1.807) is 45.3 Å². The van der Waals surface area contributed by atoms with Gasteiger partial charge in [0.1, 0.15) is 5.54 Å². The minimum atomic E-state index is -0.892. The Kier molecular flexibility index (Phi) is 4.56. The number of hydrogen-bond acceptors (Lipinski definition) is 4. The van der Waals surface area contributed by atoms with E-state index < -0.39 is 5.54 Å². The van der Waals surface area contributed by atoms with Gasteiger partial charge in [-0.25, -0.2) is 4.98 Å². The van der Waals surface area contributed by atoms with Gasteiger partial charge in [0.05, 0.1) is 0 Å². The monoisotopic (exact) mass is 319 g/mol. The molecule has 0 unspecified atom stereocenters. The topological polar surface area (TPSA) is 74.2 Å². The summed E-state index contributed by atoms with van der Waals surface area (Å²) < 4.78 is 0. The number of aromatic hydroxyl groups is 1. The molecule has 0 bridgehead atoms. The van der Waals surface area contributed by atoms with Crippen LogP contribution in [0.3, 0.4) is 0 Å². The summed E-state index contributed by atoms with van der Waals surface area (Å²) in [4.78, 5) is 16.0. The first-order valence-electron chi connectivity index (χ1n) is 6.79. The summed E-state index contributed by atoms with van der Waals surface area (Å²) in [5.41, 5.74) is 0.701. The molecule has 2 aromatic rings. The van der Waals surface area contributed by atoms with Crippen LogP contribution in [0.15, 0.2) is 36.5 Å². The van der Waals surface area contributed by atoms with Crippen LogP contribution in [0, 0.1) is 0 Å². The third-order valence-corrected chi connectivity index (χ3v) is 3.49. The molecule has 0 saturated heterocycles. The smallest absolute Gasteiger partial charge is 0.244 e. The lowest BCUT2D eigenvalue weighted by Gasteiger charge is -2.25. The molecule has 0 spiro atoms. The SMILES string of the molecule is CNC(=O)C(C)(C)Nc1ncc(-c2cccc(Cl)c2)cc1O. The van der Waals surface area contributed by atoms with Crippen LogP contribution < -0.4 is 10.6 Å². The van der Waals surface area contributed by atoms with Crippen molar-refractivity contribution < 1.29 is 9.90 Å². The lowest BCUT2D eigenvalue weighted by Crippen LogP contribution is -2.46. The van der Waals surface area contributed by atoms with Gasteiger partial charge < -0.3 is 15.7 Å². The van der Waals surface area contributed by atoms with Crippen molar-refractivity contribution >= 4 is 23.3 Å². The average molecular weight is 320 g/mol. The molecule has 22 heavy (non-hydrogen) atoms. The van der Waals surface area contributed by atoms with Crippen molar-refractivity contribution in [1.29, 1.82) is 0 Å². The van der Waals surface area contributed by atoms with E-state index in [0.29, 0.717) is 5.02 Å². The zero-order valence-corrected chi connectivity index (χ0v) is 13.4. The van der Waals surface area contributed by atoms with Crippen LogP contribution in [0.25, 0.3) is 11.1 Å². The van der Waals surface area contributed by atoms with Gasteiger partial charge in [-0.1, -0.05) is 23.7 Å². The number of carbonyl (C=O) groups excluding carboxylic acids is 1. The molecule has 0 fully saturated rings. The van der Waals surface area contributed by atoms with Gasteiger partial charge in [0.25, 0.3) is 0 Å². The molecule has 3 N–H and O–H groups in total. The first-order chi connectivity index (χ1) is 10.3. The average Bonchev–Trinajstić information content (AvgIpc) is 2.48. The molecule has 1 heterocycles. The van der Waals surface area contributed by atoms with Crippen LogP contribution in [0.4, 0.5) is 5.82 Å². The van der Waals surface area contributed by atoms with Gasteiger partial charge >= 0.3 is 0 Å². The Morgan fingerprint density at radius 3 is 2.59 bits per heavy atom. The second-order valence-corrected chi connectivity index (χ2v) is 5.87. The van der Waals surface area contributed by atoms with Crippen molar-refractivity contribution in [2.45, 2.75) is 19.4 Å². The Hall–Kier alpha value is -2.27. The highest BCUT2D eigenvalue weighted by atomic mass is 35.5. The normalized spacial score (nSPS) is 11.1. The van der Waals surface area contributed by atoms with Crippen LogP contribution >= 0.6 is 11.6 Å². The van der Waals surface area contributed by atoms with E-state index in [1.807, 2.05) is 12.1 Å². The number of carbonyl (C=O) groups is 1. The minimum Gasteiger partial charge on any atom is -0.504 e. The van der Waals surface area contributed by atoms with Crippen molar-refractivity contribution in [2.24, 2.45) is 0 Å². The maximum absolute atomic E-state index is 11.8. The molecule has 0 saturated carbocycles. The Bertz CT molecular complexity index is 702. The third kappa shape index (κ3) is 3.49. The molecule has 6 heteroatoms. The van der Waals surface area contributed by atoms with Gasteiger partial charge in [0.15, 0.2) is 11.6 Å². The van der Waals surface area contributed by atoms with Crippen molar-refractivity contribution in [3.8, 4) is 16.9 Å².